The monoisotopic (exact) mass is 412 g/mol. The number of methoxy groups -OCH3 is 1. The van der Waals surface area contributed by atoms with E-state index in [2.05, 4.69) is 39.7 Å². The van der Waals surface area contributed by atoms with Gasteiger partial charge in [0.15, 0.2) is 5.96 Å². The number of hydrogen-bond acceptors (Lipinski definition) is 4. The Morgan fingerprint density at radius 1 is 1.20 bits per heavy atom. The van der Waals surface area contributed by atoms with Crippen molar-refractivity contribution < 1.29 is 4.74 Å². The fourth-order valence-electron chi connectivity index (χ4n) is 3.76. The van der Waals surface area contributed by atoms with Gasteiger partial charge in [0.25, 0.3) is 0 Å². The van der Waals surface area contributed by atoms with Gasteiger partial charge in [0.2, 0.25) is 0 Å². The number of aromatic nitrogens is 2. The van der Waals surface area contributed by atoms with Crippen molar-refractivity contribution in [2.75, 3.05) is 39.8 Å². The highest BCUT2D eigenvalue weighted by atomic mass is 16.5. The molecule has 164 valence electrons. The summed E-state index contributed by atoms with van der Waals surface area (Å²) < 4.78 is 7.21. The average Bonchev–Trinajstić information content (AvgIpc) is 3.30. The van der Waals surface area contributed by atoms with Crippen molar-refractivity contribution in [2.45, 2.75) is 39.3 Å². The lowest BCUT2D eigenvalue weighted by Gasteiger charge is -2.31. The number of benzene rings is 1. The molecule has 1 saturated heterocycles. The number of rotatable bonds is 10. The van der Waals surface area contributed by atoms with Gasteiger partial charge in [-0.1, -0.05) is 12.1 Å². The number of ether oxygens (including phenoxy) is 1. The van der Waals surface area contributed by atoms with E-state index in [0.29, 0.717) is 5.92 Å². The minimum atomic E-state index is 0.664. The zero-order valence-electron chi connectivity index (χ0n) is 18.4. The summed E-state index contributed by atoms with van der Waals surface area (Å²) in [4.78, 5) is 7.38. The molecule has 2 heterocycles. The largest absolute Gasteiger partial charge is 0.497 e. The van der Waals surface area contributed by atoms with E-state index in [-0.39, 0.29) is 0 Å². The van der Waals surface area contributed by atoms with Gasteiger partial charge in [0, 0.05) is 45.1 Å². The SMILES string of the molecule is CCNC(=NCC1CCN(Cc2ccc(OC)cc2)CC1)NCCCn1cccn1. The maximum Gasteiger partial charge on any atom is 0.191 e. The molecule has 2 N–H and O–H groups in total. The van der Waals surface area contributed by atoms with Crippen molar-refractivity contribution >= 4 is 5.96 Å². The van der Waals surface area contributed by atoms with E-state index < -0.39 is 0 Å². The summed E-state index contributed by atoms with van der Waals surface area (Å²) in [5, 5.41) is 11.1. The van der Waals surface area contributed by atoms with Gasteiger partial charge >= 0.3 is 0 Å². The number of guanidine groups is 1. The number of aliphatic imine (C=N–C) groups is 1. The first-order chi connectivity index (χ1) is 14.8. The normalized spacial score (nSPS) is 15.9. The zero-order chi connectivity index (χ0) is 21.0. The summed E-state index contributed by atoms with van der Waals surface area (Å²) in [5.74, 6) is 2.51. The third-order valence-corrected chi connectivity index (χ3v) is 5.54. The second-order valence-corrected chi connectivity index (χ2v) is 7.84. The molecule has 1 aromatic heterocycles. The highest BCUT2D eigenvalue weighted by Crippen LogP contribution is 2.20. The molecule has 0 bridgehead atoms. The van der Waals surface area contributed by atoms with Crippen LogP contribution in [0.4, 0.5) is 0 Å². The maximum atomic E-state index is 5.24. The molecule has 1 aliphatic rings. The first-order valence-electron chi connectivity index (χ1n) is 11.1. The number of nitrogens with zero attached hydrogens (tertiary/aromatic N) is 4. The molecule has 2 aromatic rings. The molecule has 0 amide bonds. The molecule has 0 aliphatic carbocycles. The van der Waals surface area contributed by atoms with Crippen LogP contribution in [0.2, 0.25) is 0 Å². The van der Waals surface area contributed by atoms with Gasteiger partial charge in [-0.05, 0) is 69.0 Å². The van der Waals surface area contributed by atoms with Gasteiger partial charge < -0.3 is 15.4 Å². The number of nitrogens with one attached hydrogen (secondary N) is 2. The quantitative estimate of drug-likeness (QED) is 0.357. The van der Waals surface area contributed by atoms with E-state index in [0.717, 1.165) is 63.9 Å². The van der Waals surface area contributed by atoms with Gasteiger partial charge in [-0.3, -0.25) is 14.6 Å². The van der Waals surface area contributed by atoms with Gasteiger partial charge in [-0.15, -0.1) is 0 Å². The van der Waals surface area contributed by atoms with Crippen LogP contribution in [0.3, 0.4) is 0 Å². The second-order valence-electron chi connectivity index (χ2n) is 7.84. The molecule has 1 aliphatic heterocycles. The van der Waals surface area contributed by atoms with Crippen molar-refractivity contribution in [3.05, 3.63) is 48.3 Å². The Kier molecular flexibility index (Phi) is 9.03. The molecule has 30 heavy (non-hydrogen) atoms. The molecule has 7 heteroatoms. The minimum absolute atomic E-state index is 0.664. The Morgan fingerprint density at radius 2 is 2.00 bits per heavy atom. The van der Waals surface area contributed by atoms with Crippen LogP contribution < -0.4 is 15.4 Å². The van der Waals surface area contributed by atoms with Crippen molar-refractivity contribution in [1.29, 1.82) is 0 Å². The highest BCUT2D eigenvalue weighted by molar-refractivity contribution is 5.79. The summed E-state index contributed by atoms with van der Waals surface area (Å²) in [5.41, 5.74) is 1.35. The summed E-state index contributed by atoms with van der Waals surface area (Å²) in [6, 6.07) is 10.4. The lowest BCUT2D eigenvalue weighted by atomic mass is 9.96. The van der Waals surface area contributed by atoms with Crippen molar-refractivity contribution in [2.24, 2.45) is 10.9 Å². The molecule has 0 saturated carbocycles. The first-order valence-corrected chi connectivity index (χ1v) is 11.1. The second kappa shape index (κ2) is 12.2. The van der Waals surface area contributed by atoms with Crippen LogP contribution in [-0.4, -0.2) is 60.5 Å². The zero-order valence-corrected chi connectivity index (χ0v) is 18.4. The first kappa shape index (κ1) is 22.2. The molecule has 0 spiro atoms. The van der Waals surface area contributed by atoms with Crippen LogP contribution in [0, 0.1) is 5.92 Å². The van der Waals surface area contributed by atoms with E-state index in [1.54, 1.807) is 7.11 Å². The van der Waals surface area contributed by atoms with Crippen LogP contribution >= 0.6 is 0 Å². The Balaban J connectivity index is 1.36. The van der Waals surface area contributed by atoms with Crippen LogP contribution in [-0.2, 0) is 13.1 Å². The molecule has 0 atom stereocenters. The van der Waals surface area contributed by atoms with Crippen LogP contribution in [0.25, 0.3) is 0 Å². The average molecular weight is 413 g/mol. The predicted octanol–water partition coefficient (Wildman–Crippen LogP) is 2.75. The Bertz CT molecular complexity index is 736. The van der Waals surface area contributed by atoms with Crippen LogP contribution in [0.15, 0.2) is 47.7 Å². The van der Waals surface area contributed by atoms with Crippen LogP contribution in [0.1, 0.15) is 31.7 Å². The maximum absolute atomic E-state index is 5.24. The van der Waals surface area contributed by atoms with Crippen molar-refractivity contribution in [3.63, 3.8) is 0 Å². The number of piperidine rings is 1. The number of aryl methyl sites for hydroxylation is 1. The molecule has 1 aromatic carbocycles. The molecule has 1 fully saturated rings. The van der Waals surface area contributed by atoms with Gasteiger partial charge in [0.05, 0.1) is 7.11 Å². The van der Waals surface area contributed by atoms with E-state index >= 15 is 0 Å². The fourth-order valence-corrected chi connectivity index (χ4v) is 3.76. The lowest BCUT2D eigenvalue weighted by Crippen LogP contribution is -2.39. The fraction of sp³-hybridized carbons (Fsp3) is 0.565. The molecule has 0 radical (unpaired) electrons. The summed E-state index contributed by atoms with van der Waals surface area (Å²) in [6.07, 6.45) is 7.26. The highest BCUT2D eigenvalue weighted by Gasteiger charge is 2.19. The van der Waals surface area contributed by atoms with Gasteiger partial charge in [-0.25, -0.2) is 0 Å². The summed E-state index contributed by atoms with van der Waals surface area (Å²) >= 11 is 0. The van der Waals surface area contributed by atoms with E-state index in [1.807, 2.05) is 35.3 Å². The van der Waals surface area contributed by atoms with Gasteiger partial charge in [0.1, 0.15) is 5.75 Å². The van der Waals surface area contributed by atoms with Crippen molar-refractivity contribution in [3.8, 4) is 5.75 Å². The molecule has 3 rings (SSSR count). The molecular weight excluding hydrogens is 376 g/mol. The third-order valence-electron chi connectivity index (χ3n) is 5.54. The number of hydrogen-bond donors (Lipinski definition) is 2. The summed E-state index contributed by atoms with van der Waals surface area (Å²) in [7, 11) is 1.71. The Hall–Kier alpha value is -2.54. The van der Waals surface area contributed by atoms with E-state index in [4.69, 9.17) is 9.73 Å². The topological polar surface area (TPSA) is 66.7 Å². The van der Waals surface area contributed by atoms with E-state index in [1.165, 1.54) is 18.4 Å². The smallest absolute Gasteiger partial charge is 0.191 e. The standard InChI is InChI=1S/C23H36N6O/c1-3-24-23(25-12-4-14-29-15-5-13-27-29)26-18-20-10-16-28(17-11-20)19-21-6-8-22(30-2)9-7-21/h5-9,13,15,20H,3-4,10-12,14,16-19H2,1-2H3,(H2,24,25,26). The molecule has 7 nitrogen and oxygen atoms in total. The molecule has 0 unspecified atom stereocenters. The summed E-state index contributed by atoms with van der Waals surface area (Å²) in [6.45, 7) is 8.99. The Morgan fingerprint density at radius 3 is 2.67 bits per heavy atom. The Labute approximate surface area is 180 Å². The predicted molar refractivity (Wildman–Crippen MR) is 122 cm³/mol. The van der Waals surface area contributed by atoms with Crippen molar-refractivity contribution in [1.82, 2.24) is 25.3 Å². The van der Waals surface area contributed by atoms with Crippen LogP contribution in [0.5, 0.6) is 5.75 Å². The third kappa shape index (κ3) is 7.37. The van der Waals surface area contributed by atoms with E-state index in [9.17, 15) is 0 Å². The lowest BCUT2D eigenvalue weighted by molar-refractivity contribution is 0.180. The number of likely N-dealkylation sites (tertiary alicyclic amines) is 1. The van der Waals surface area contributed by atoms with Gasteiger partial charge in [-0.2, -0.15) is 5.10 Å². The minimum Gasteiger partial charge on any atom is -0.497 e. The molecular formula is C23H36N6O.